The number of pyridine rings is 1. The van der Waals surface area contributed by atoms with Crippen LogP contribution < -0.4 is 5.32 Å². The predicted molar refractivity (Wildman–Crippen MR) is 73.0 cm³/mol. The maximum atomic E-state index is 6.06. The second-order valence-corrected chi connectivity index (χ2v) is 4.69. The van der Waals surface area contributed by atoms with Crippen LogP contribution in [0.1, 0.15) is 5.56 Å². The number of anilines is 1. The molecule has 2 nitrogen and oxygen atoms in total. The third-order valence-corrected chi connectivity index (χ3v) is 3.04. The molecule has 0 radical (unpaired) electrons. The van der Waals surface area contributed by atoms with Gasteiger partial charge in [-0.1, -0.05) is 40.9 Å². The van der Waals surface area contributed by atoms with Gasteiger partial charge in [0.05, 0.1) is 11.9 Å². The first kappa shape index (κ1) is 12.5. The highest BCUT2D eigenvalue weighted by Gasteiger charge is 2.01. The Labute approximate surface area is 115 Å². The van der Waals surface area contributed by atoms with Gasteiger partial charge in [-0.25, -0.2) is 4.98 Å². The number of hydrogen-bond acceptors (Lipinski definition) is 2. The fourth-order valence-electron chi connectivity index (χ4n) is 1.34. The topological polar surface area (TPSA) is 24.9 Å². The Kier molecular flexibility index (Phi) is 4.11. The lowest BCUT2D eigenvalue weighted by Crippen LogP contribution is -2.00. The number of aromatic nitrogens is 1. The van der Waals surface area contributed by atoms with Crippen LogP contribution in [0.2, 0.25) is 15.2 Å². The van der Waals surface area contributed by atoms with Crippen molar-refractivity contribution in [2.24, 2.45) is 0 Å². The van der Waals surface area contributed by atoms with Crippen molar-refractivity contribution in [1.29, 1.82) is 0 Å². The summed E-state index contributed by atoms with van der Waals surface area (Å²) in [6.45, 7) is 0.610. The van der Waals surface area contributed by atoms with Crippen LogP contribution in [0.15, 0.2) is 36.5 Å². The summed E-state index contributed by atoms with van der Waals surface area (Å²) in [5.74, 6) is 0. The lowest BCUT2D eigenvalue weighted by atomic mass is 10.2. The summed E-state index contributed by atoms with van der Waals surface area (Å²) in [4.78, 5) is 3.98. The molecule has 0 saturated carbocycles. The largest absolute Gasteiger partial charge is 0.380 e. The fraction of sp³-hybridized carbons (Fsp3) is 0.0833. The molecule has 2 aromatic rings. The van der Waals surface area contributed by atoms with Gasteiger partial charge in [-0.3, -0.25) is 0 Å². The number of benzene rings is 1. The SMILES string of the molecule is Clc1ccc(CNc2ccc(Cl)nc2)c(Cl)c1. The van der Waals surface area contributed by atoms with Gasteiger partial charge in [-0.05, 0) is 29.8 Å². The second-order valence-electron chi connectivity index (χ2n) is 3.46. The fourth-order valence-corrected chi connectivity index (χ4v) is 1.93. The summed E-state index contributed by atoms with van der Waals surface area (Å²) in [5, 5.41) is 4.95. The van der Waals surface area contributed by atoms with Crippen LogP contribution in [0, 0.1) is 0 Å². The summed E-state index contributed by atoms with van der Waals surface area (Å²) in [6, 6.07) is 9.01. The Morgan fingerprint density at radius 1 is 1.06 bits per heavy atom. The molecule has 0 aliphatic rings. The third kappa shape index (κ3) is 3.50. The summed E-state index contributed by atoms with van der Waals surface area (Å²) >= 11 is 17.6. The van der Waals surface area contributed by atoms with Gasteiger partial charge in [0.2, 0.25) is 0 Å². The van der Waals surface area contributed by atoms with Crippen molar-refractivity contribution in [3.8, 4) is 0 Å². The maximum Gasteiger partial charge on any atom is 0.129 e. The molecule has 0 amide bonds. The van der Waals surface area contributed by atoms with Crippen LogP contribution in [0.5, 0.6) is 0 Å². The molecule has 2 rings (SSSR count). The van der Waals surface area contributed by atoms with E-state index >= 15 is 0 Å². The average Bonchev–Trinajstić information content (AvgIpc) is 2.30. The molecule has 0 unspecified atom stereocenters. The first-order valence-electron chi connectivity index (χ1n) is 4.94. The predicted octanol–water partition coefficient (Wildman–Crippen LogP) is 4.65. The number of nitrogens with one attached hydrogen (secondary N) is 1. The molecule has 17 heavy (non-hydrogen) atoms. The second kappa shape index (κ2) is 5.58. The first-order valence-corrected chi connectivity index (χ1v) is 6.08. The molecular formula is C12H9Cl3N2. The van der Waals surface area contributed by atoms with E-state index in [4.69, 9.17) is 34.8 Å². The molecule has 1 aromatic carbocycles. The Morgan fingerprint density at radius 2 is 1.88 bits per heavy atom. The molecule has 5 heteroatoms. The summed E-state index contributed by atoms with van der Waals surface area (Å²) in [5.41, 5.74) is 1.87. The Morgan fingerprint density at radius 3 is 2.53 bits per heavy atom. The molecule has 0 aliphatic heterocycles. The molecule has 0 aliphatic carbocycles. The zero-order valence-corrected chi connectivity index (χ0v) is 11.0. The first-order chi connectivity index (χ1) is 8.15. The molecule has 0 bridgehead atoms. The minimum absolute atomic E-state index is 0.472. The quantitative estimate of drug-likeness (QED) is 0.831. The summed E-state index contributed by atoms with van der Waals surface area (Å²) < 4.78 is 0. The van der Waals surface area contributed by atoms with E-state index in [1.165, 1.54) is 0 Å². The monoisotopic (exact) mass is 286 g/mol. The van der Waals surface area contributed by atoms with Crippen LogP contribution in [0.25, 0.3) is 0 Å². The van der Waals surface area contributed by atoms with Crippen molar-refractivity contribution in [3.05, 3.63) is 57.3 Å². The van der Waals surface area contributed by atoms with E-state index in [9.17, 15) is 0 Å². The van der Waals surface area contributed by atoms with Gasteiger partial charge in [0.15, 0.2) is 0 Å². The molecule has 0 fully saturated rings. The van der Waals surface area contributed by atoms with Gasteiger partial charge in [0.1, 0.15) is 5.15 Å². The normalized spacial score (nSPS) is 10.3. The van der Waals surface area contributed by atoms with Crippen molar-refractivity contribution in [3.63, 3.8) is 0 Å². The van der Waals surface area contributed by atoms with Gasteiger partial charge in [0, 0.05) is 16.6 Å². The standard InChI is InChI=1S/C12H9Cl3N2/c13-9-2-1-8(11(14)5-9)6-16-10-3-4-12(15)17-7-10/h1-5,7,16H,6H2. The van der Waals surface area contributed by atoms with Crippen LogP contribution in [0.3, 0.4) is 0 Å². The highest BCUT2D eigenvalue weighted by molar-refractivity contribution is 6.35. The van der Waals surface area contributed by atoms with E-state index in [1.807, 2.05) is 18.2 Å². The third-order valence-electron chi connectivity index (χ3n) is 2.23. The van der Waals surface area contributed by atoms with E-state index in [2.05, 4.69) is 10.3 Å². The lowest BCUT2D eigenvalue weighted by molar-refractivity contribution is 1.14. The smallest absolute Gasteiger partial charge is 0.129 e. The van der Waals surface area contributed by atoms with Crippen LogP contribution in [-0.2, 0) is 6.54 Å². The molecule has 0 saturated heterocycles. The number of rotatable bonds is 3. The number of halogens is 3. The Bertz CT molecular complexity index is 512. The van der Waals surface area contributed by atoms with Gasteiger partial charge in [-0.2, -0.15) is 0 Å². The van der Waals surface area contributed by atoms with E-state index in [0.717, 1.165) is 11.3 Å². The lowest BCUT2D eigenvalue weighted by Gasteiger charge is -2.08. The maximum absolute atomic E-state index is 6.06. The van der Waals surface area contributed by atoms with Crippen molar-refractivity contribution in [2.75, 3.05) is 5.32 Å². The van der Waals surface area contributed by atoms with Crippen LogP contribution in [-0.4, -0.2) is 4.98 Å². The van der Waals surface area contributed by atoms with E-state index in [1.54, 1.807) is 18.3 Å². The van der Waals surface area contributed by atoms with Gasteiger partial charge in [-0.15, -0.1) is 0 Å². The molecule has 0 spiro atoms. The number of nitrogens with zero attached hydrogens (tertiary/aromatic N) is 1. The van der Waals surface area contributed by atoms with Crippen molar-refractivity contribution in [2.45, 2.75) is 6.54 Å². The van der Waals surface area contributed by atoms with Crippen LogP contribution >= 0.6 is 34.8 Å². The minimum atomic E-state index is 0.472. The van der Waals surface area contributed by atoms with Gasteiger partial charge >= 0.3 is 0 Å². The highest BCUT2D eigenvalue weighted by atomic mass is 35.5. The molecule has 88 valence electrons. The summed E-state index contributed by atoms with van der Waals surface area (Å²) in [7, 11) is 0. The summed E-state index contributed by atoms with van der Waals surface area (Å²) in [6.07, 6.45) is 1.67. The van der Waals surface area contributed by atoms with Gasteiger partial charge in [0.25, 0.3) is 0 Å². The zero-order chi connectivity index (χ0) is 12.3. The minimum Gasteiger partial charge on any atom is -0.380 e. The molecular weight excluding hydrogens is 279 g/mol. The van der Waals surface area contributed by atoms with Crippen LogP contribution in [0.4, 0.5) is 5.69 Å². The van der Waals surface area contributed by atoms with Gasteiger partial charge < -0.3 is 5.32 Å². The Hall–Kier alpha value is -0.960. The molecule has 1 aromatic heterocycles. The van der Waals surface area contributed by atoms with Crippen molar-refractivity contribution >= 4 is 40.5 Å². The van der Waals surface area contributed by atoms with E-state index in [0.29, 0.717) is 21.7 Å². The zero-order valence-electron chi connectivity index (χ0n) is 8.75. The van der Waals surface area contributed by atoms with Crippen molar-refractivity contribution < 1.29 is 0 Å². The highest BCUT2D eigenvalue weighted by Crippen LogP contribution is 2.22. The van der Waals surface area contributed by atoms with E-state index < -0.39 is 0 Å². The molecule has 0 atom stereocenters. The molecule has 1 N–H and O–H groups in total. The van der Waals surface area contributed by atoms with Crippen molar-refractivity contribution in [1.82, 2.24) is 4.98 Å². The average molecular weight is 288 g/mol. The Balaban J connectivity index is 2.04. The number of hydrogen-bond donors (Lipinski definition) is 1. The molecule has 1 heterocycles. The van der Waals surface area contributed by atoms with E-state index in [-0.39, 0.29) is 0 Å².